The molecule has 2 heterocycles. The summed E-state index contributed by atoms with van der Waals surface area (Å²) in [6.45, 7) is 3.71. The summed E-state index contributed by atoms with van der Waals surface area (Å²) in [6.07, 6.45) is 1.49. The number of hydrazone groups is 1. The van der Waals surface area contributed by atoms with Gasteiger partial charge in [0.1, 0.15) is 12.4 Å². The zero-order valence-electron chi connectivity index (χ0n) is 25.2. The third-order valence-corrected chi connectivity index (χ3v) is 7.45. The minimum atomic E-state index is -0.774. The van der Waals surface area contributed by atoms with Crippen molar-refractivity contribution in [2.24, 2.45) is 5.10 Å². The first-order chi connectivity index (χ1) is 22.2. The Morgan fingerprint density at radius 1 is 1.04 bits per heavy atom. The number of fused-ring (bicyclic) bond motifs is 1. The SMILES string of the molecule is CCOC(=O)C1=C(C)NC(=O)N[C@H]1c1ccc(OCC(=O)N/N=C\c2ccc(OCc3ccc4c(c3)OCO4)c(Br)c2)c(OC)c1. The molecule has 0 spiro atoms. The number of allylic oxidation sites excluding steroid dienone is 1. The van der Waals surface area contributed by atoms with E-state index in [-0.39, 0.29) is 31.3 Å². The van der Waals surface area contributed by atoms with Crippen molar-refractivity contribution < 1.29 is 42.8 Å². The Morgan fingerprint density at radius 3 is 2.63 bits per heavy atom. The zero-order valence-corrected chi connectivity index (χ0v) is 26.8. The van der Waals surface area contributed by atoms with Crippen LogP contribution in [0.2, 0.25) is 0 Å². The van der Waals surface area contributed by atoms with Crippen LogP contribution in [0, 0.1) is 0 Å². The number of benzene rings is 3. The van der Waals surface area contributed by atoms with Gasteiger partial charge in [-0.25, -0.2) is 15.0 Å². The van der Waals surface area contributed by atoms with Crippen molar-refractivity contribution >= 4 is 40.1 Å². The fourth-order valence-electron chi connectivity index (χ4n) is 4.67. The lowest BCUT2D eigenvalue weighted by atomic mass is 9.95. The van der Waals surface area contributed by atoms with Gasteiger partial charge in [0.25, 0.3) is 5.91 Å². The molecule has 0 aliphatic carbocycles. The van der Waals surface area contributed by atoms with Crippen LogP contribution in [0.3, 0.4) is 0 Å². The predicted octanol–water partition coefficient (Wildman–Crippen LogP) is 4.49. The molecule has 2 aliphatic heterocycles. The van der Waals surface area contributed by atoms with Gasteiger partial charge in [-0.1, -0.05) is 12.1 Å². The molecule has 3 amide bonds. The number of esters is 1. The van der Waals surface area contributed by atoms with Gasteiger partial charge in [-0.15, -0.1) is 0 Å². The molecule has 14 heteroatoms. The molecular formula is C32H31BrN4O9. The molecule has 0 unspecified atom stereocenters. The molecule has 3 N–H and O–H groups in total. The van der Waals surface area contributed by atoms with E-state index in [0.717, 1.165) is 11.1 Å². The average Bonchev–Trinajstić information content (AvgIpc) is 3.51. The van der Waals surface area contributed by atoms with Crippen molar-refractivity contribution in [3.05, 3.63) is 87.0 Å². The van der Waals surface area contributed by atoms with Crippen LogP contribution in [0.5, 0.6) is 28.7 Å². The van der Waals surface area contributed by atoms with Crippen molar-refractivity contribution in [3.63, 3.8) is 0 Å². The minimum Gasteiger partial charge on any atom is -0.493 e. The zero-order chi connectivity index (χ0) is 32.6. The molecule has 5 rings (SSSR count). The molecule has 3 aromatic carbocycles. The Hall–Kier alpha value is -5.24. The number of carbonyl (C=O) groups is 3. The Balaban J connectivity index is 1.14. The Kier molecular flexibility index (Phi) is 10.3. The molecule has 0 bridgehead atoms. The molecule has 46 heavy (non-hydrogen) atoms. The van der Waals surface area contributed by atoms with Gasteiger partial charge in [-0.2, -0.15) is 5.10 Å². The normalized spacial score (nSPS) is 15.2. The van der Waals surface area contributed by atoms with E-state index in [0.29, 0.717) is 45.3 Å². The van der Waals surface area contributed by atoms with Gasteiger partial charge in [0.05, 0.1) is 36.0 Å². The Bertz CT molecular complexity index is 1710. The first kappa shape index (κ1) is 32.2. The van der Waals surface area contributed by atoms with Crippen molar-refractivity contribution in [3.8, 4) is 28.7 Å². The first-order valence-corrected chi connectivity index (χ1v) is 14.9. The van der Waals surface area contributed by atoms with Crippen LogP contribution in [0.4, 0.5) is 4.79 Å². The van der Waals surface area contributed by atoms with E-state index in [1.165, 1.54) is 13.3 Å². The molecular weight excluding hydrogens is 664 g/mol. The van der Waals surface area contributed by atoms with E-state index in [1.807, 2.05) is 24.3 Å². The third kappa shape index (κ3) is 7.69. The summed E-state index contributed by atoms with van der Waals surface area (Å²) in [5, 5.41) is 9.33. The number of amides is 3. The molecule has 3 aromatic rings. The van der Waals surface area contributed by atoms with Crippen LogP contribution in [-0.2, 0) is 20.9 Å². The second-order valence-electron chi connectivity index (χ2n) is 9.95. The number of ether oxygens (including phenoxy) is 6. The van der Waals surface area contributed by atoms with Crippen LogP contribution in [0.25, 0.3) is 0 Å². The van der Waals surface area contributed by atoms with Gasteiger partial charge < -0.3 is 39.1 Å². The molecule has 13 nitrogen and oxygen atoms in total. The molecule has 0 radical (unpaired) electrons. The predicted molar refractivity (Wildman–Crippen MR) is 169 cm³/mol. The van der Waals surface area contributed by atoms with E-state index in [1.54, 1.807) is 44.2 Å². The lowest BCUT2D eigenvalue weighted by Crippen LogP contribution is -2.45. The van der Waals surface area contributed by atoms with E-state index in [2.05, 4.69) is 37.1 Å². The highest BCUT2D eigenvalue weighted by Crippen LogP contribution is 2.35. The van der Waals surface area contributed by atoms with Crippen LogP contribution >= 0.6 is 15.9 Å². The molecule has 1 atom stereocenters. The summed E-state index contributed by atoms with van der Waals surface area (Å²) in [5.41, 5.74) is 5.30. The van der Waals surface area contributed by atoms with Crippen LogP contribution in [-0.4, -0.2) is 51.2 Å². The number of hydrogen-bond acceptors (Lipinski definition) is 10. The molecule has 0 aromatic heterocycles. The third-order valence-electron chi connectivity index (χ3n) is 6.83. The minimum absolute atomic E-state index is 0.182. The van der Waals surface area contributed by atoms with Crippen LogP contribution < -0.4 is 39.7 Å². The quantitative estimate of drug-likeness (QED) is 0.141. The number of rotatable bonds is 12. The maximum atomic E-state index is 12.6. The van der Waals surface area contributed by atoms with Crippen molar-refractivity contribution in [1.82, 2.24) is 16.1 Å². The highest BCUT2D eigenvalue weighted by atomic mass is 79.9. The van der Waals surface area contributed by atoms with Crippen molar-refractivity contribution in [1.29, 1.82) is 0 Å². The number of hydrogen-bond donors (Lipinski definition) is 3. The Morgan fingerprint density at radius 2 is 1.85 bits per heavy atom. The maximum absolute atomic E-state index is 12.6. The number of methoxy groups -OCH3 is 1. The summed E-state index contributed by atoms with van der Waals surface area (Å²) >= 11 is 3.51. The van der Waals surface area contributed by atoms with Gasteiger partial charge >= 0.3 is 12.0 Å². The van der Waals surface area contributed by atoms with Crippen molar-refractivity contribution in [2.45, 2.75) is 26.5 Å². The maximum Gasteiger partial charge on any atom is 0.338 e. The highest BCUT2D eigenvalue weighted by molar-refractivity contribution is 9.10. The average molecular weight is 696 g/mol. The number of nitrogens with one attached hydrogen (secondary N) is 3. The van der Waals surface area contributed by atoms with Gasteiger partial charge in [-0.05, 0) is 88.9 Å². The van der Waals surface area contributed by atoms with Gasteiger partial charge in [0, 0.05) is 5.70 Å². The summed E-state index contributed by atoms with van der Waals surface area (Å²) in [7, 11) is 1.44. The van der Waals surface area contributed by atoms with Gasteiger partial charge in [0.15, 0.2) is 29.6 Å². The second-order valence-corrected chi connectivity index (χ2v) is 10.8. The molecule has 2 aliphatic rings. The molecule has 0 saturated heterocycles. The highest BCUT2D eigenvalue weighted by Gasteiger charge is 2.32. The molecule has 240 valence electrons. The number of urea groups is 1. The standard InChI is InChI=1S/C32H31BrN4O9/c1-4-42-31(39)29-18(2)35-32(40)36-30(29)21-7-10-24(26(13-21)41-3)44-16-28(38)37-34-14-19-5-8-23(22(33)11-19)43-15-20-6-9-25-27(12-20)46-17-45-25/h5-14,30H,4,15-17H2,1-3H3,(H,37,38)(H2,35,36,40)/b34-14-/t30-/m0/s1. The monoisotopic (exact) mass is 694 g/mol. The van der Waals surface area contributed by atoms with E-state index in [9.17, 15) is 14.4 Å². The summed E-state index contributed by atoms with van der Waals surface area (Å²) in [4.78, 5) is 37.2. The van der Waals surface area contributed by atoms with E-state index in [4.69, 9.17) is 28.4 Å². The van der Waals surface area contributed by atoms with E-state index < -0.39 is 23.9 Å². The summed E-state index contributed by atoms with van der Waals surface area (Å²) < 4.78 is 33.7. The fourth-order valence-corrected chi connectivity index (χ4v) is 5.18. The lowest BCUT2D eigenvalue weighted by Gasteiger charge is -2.28. The van der Waals surface area contributed by atoms with Crippen LogP contribution in [0.15, 0.2) is 75.4 Å². The van der Waals surface area contributed by atoms with Crippen molar-refractivity contribution in [2.75, 3.05) is 27.1 Å². The number of halogens is 1. The van der Waals surface area contributed by atoms with Gasteiger partial charge in [-0.3, -0.25) is 4.79 Å². The smallest absolute Gasteiger partial charge is 0.338 e. The topological polar surface area (TPSA) is 155 Å². The Labute approximate surface area is 273 Å². The summed E-state index contributed by atoms with van der Waals surface area (Å²) in [6, 6.07) is 14.7. The largest absolute Gasteiger partial charge is 0.493 e. The number of nitrogens with zero attached hydrogens (tertiary/aromatic N) is 1. The molecule has 0 fully saturated rings. The lowest BCUT2D eigenvalue weighted by molar-refractivity contribution is -0.139. The summed E-state index contributed by atoms with van der Waals surface area (Å²) in [5.74, 6) is 1.57. The van der Waals surface area contributed by atoms with Crippen LogP contribution in [0.1, 0.15) is 36.6 Å². The van der Waals surface area contributed by atoms with E-state index >= 15 is 0 Å². The number of carbonyl (C=O) groups excluding carboxylic acids is 3. The fraction of sp³-hybridized carbons (Fsp3) is 0.250. The molecule has 0 saturated carbocycles. The van der Waals surface area contributed by atoms with Gasteiger partial charge in [0.2, 0.25) is 6.79 Å². The second kappa shape index (κ2) is 14.7. The first-order valence-electron chi connectivity index (χ1n) is 14.1.